The van der Waals surface area contributed by atoms with Gasteiger partial charge < -0.3 is 0 Å². The standard InChI is InChI=1S/C24H23ClN2OS/c25-20-13-15-21(16-14-20)29(26,28)27-17-5-10-24-22-8-3-1-6-18(22)11-12-19-7-2-4-9-23(19)24/h1-4,6-10,13-16H,5,11-12,17H2,(H2,26,27,28). The monoisotopic (exact) mass is 422 g/mol. The van der Waals surface area contributed by atoms with Gasteiger partial charge in [-0.1, -0.05) is 66.2 Å². The molecule has 3 aromatic rings. The molecule has 0 amide bonds. The minimum Gasteiger partial charge on any atom is -0.236 e. The van der Waals surface area contributed by atoms with Gasteiger partial charge in [0.25, 0.3) is 0 Å². The van der Waals surface area contributed by atoms with Crippen LogP contribution in [0.4, 0.5) is 0 Å². The van der Waals surface area contributed by atoms with E-state index in [9.17, 15) is 4.21 Å². The molecule has 4 rings (SSSR count). The average Bonchev–Trinajstić information content (AvgIpc) is 2.89. The molecule has 0 aliphatic heterocycles. The van der Waals surface area contributed by atoms with E-state index >= 15 is 0 Å². The lowest BCUT2D eigenvalue weighted by Crippen LogP contribution is -2.23. The minimum absolute atomic E-state index is 0.444. The highest BCUT2D eigenvalue weighted by atomic mass is 35.5. The molecular weight excluding hydrogens is 400 g/mol. The Bertz CT molecular complexity index is 1100. The number of nitrogens with one attached hydrogen (secondary N) is 2. The summed E-state index contributed by atoms with van der Waals surface area (Å²) in [6.07, 6.45) is 4.94. The SMILES string of the molecule is N=S(=O)(NCCC=C1c2ccccc2CCc2ccccc21)c1ccc(Cl)cc1. The van der Waals surface area contributed by atoms with Crippen molar-refractivity contribution in [3.8, 4) is 0 Å². The Labute approximate surface area is 177 Å². The second-order valence-corrected chi connectivity index (χ2v) is 9.43. The van der Waals surface area contributed by atoms with Crippen LogP contribution in [0.25, 0.3) is 5.57 Å². The first-order chi connectivity index (χ1) is 14.0. The van der Waals surface area contributed by atoms with Crippen LogP contribution in [-0.2, 0) is 22.8 Å². The highest BCUT2D eigenvalue weighted by molar-refractivity contribution is 7.90. The summed E-state index contributed by atoms with van der Waals surface area (Å²) in [7, 11) is -3.05. The molecular formula is C24H23ClN2OS. The Morgan fingerprint density at radius 3 is 2.03 bits per heavy atom. The van der Waals surface area contributed by atoms with E-state index in [1.165, 1.54) is 27.8 Å². The molecule has 0 spiro atoms. The maximum atomic E-state index is 12.7. The summed E-state index contributed by atoms with van der Waals surface area (Å²) >= 11 is 5.89. The second kappa shape index (κ2) is 8.54. The fourth-order valence-corrected chi connectivity index (χ4v) is 4.98. The molecule has 148 valence electrons. The molecule has 0 bridgehead atoms. The van der Waals surface area contributed by atoms with E-state index in [-0.39, 0.29) is 0 Å². The van der Waals surface area contributed by atoms with Crippen LogP contribution in [0.2, 0.25) is 5.02 Å². The summed E-state index contributed by atoms with van der Waals surface area (Å²) in [5, 5.41) is 0.569. The molecule has 5 heteroatoms. The summed E-state index contributed by atoms with van der Waals surface area (Å²) in [6, 6.07) is 23.7. The molecule has 1 unspecified atom stereocenters. The zero-order chi connectivity index (χ0) is 20.3. The molecule has 0 saturated carbocycles. The van der Waals surface area contributed by atoms with Crippen LogP contribution >= 0.6 is 11.6 Å². The van der Waals surface area contributed by atoms with E-state index in [0.717, 1.165) is 12.8 Å². The summed E-state index contributed by atoms with van der Waals surface area (Å²) < 4.78 is 23.8. The van der Waals surface area contributed by atoms with Crippen LogP contribution in [0.5, 0.6) is 0 Å². The number of rotatable bonds is 5. The maximum absolute atomic E-state index is 12.7. The molecule has 0 heterocycles. The fraction of sp³-hybridized carbons (Fsp3) is 0.167. The smallest absolute Gasteiger partial charge is 0.134 e. The molecule has 0 radical (unpaired) electrons. The van der Waals surface area contributed by atoms with Crippen LogP contribution < -0.4 is 4.72 Å². The Hall–Kier alpha value is -2.40. The van der Waals surface area contributed by atoms with E-state index in [2.05, 4.69) is 59.3 Å². The first-order valence-corrected chi connectivity index (χ1v) is 11.6. The third-order valence-corrected chi connectivity index (χ3v) is 7.02. The van der Waals surface area contributed by atoms with Gasteiger partial charge in [-0.3, -0.25) is 0 Å². The largest absolute Gasteiger partial charge is 0.236 e. The first kappa shape index (κ1) is 19.9. The predicted molar refractivity (Wildman–Crippen MR) is 121 cm³/mol. The lowest BCUT2D eigenvalue weighted by molar-refractivity contribution is 0.662. The van der Waals surface area contributed by atoms with Crippen molar-refractivity contribution in [1.29, 1.82) is 4.78 Å². The minimum atomic E-state index is -3.05. The Morgan fingerprint density at radius 1 is 0.897 bits per heavy atom. The van der Waals surface area contributed by atoms with Crippen LogP contribution in [0.1, 0.15) is 28.7 Å². The highest BCUT2D eigenvalue weighted by Crippen LogP contribution is 2.33. The third-order valence-electron chi connectivity index (χ3n) is 5.22. The van der Waals surface area contributed by atoms with Crippen molar-refractivity contribution in [2.75, 3.05) is 6.54 Å². The number of benzene rings is 3. The van der Waals surface area contributed by atoms with E-state index in [4.69, 9.17) is 16.4 Å². The summed E-state index contributed by atoms with van der Waals surface area (Å²) in [6.45, 7) is 0.457. The topological polar surface area (TPSA) is 53.0 Å². The van der Waals surface area contributed by atoms with Gasteiger partial charge in [0.1, 0.15) is 9.92 Å². The van der Waals surface area contributed by atoms with Gasteiger partial charge in [0, 0.05) is 11.6 Å². The van der Waals surface area contributed by atoms with Crippen LogP contribution in [0.15, 0.2) is 83.8 Å². The number of fused-ring (bicyclic) bond motifs is 2. The first-order valence-electron chi connectivity index (χ1n) is 9.70. The molecule has 0 aromatic heterocycles. The Morgan fingerprint density at radius 2 is 1.45 bits per heavy atom. The van der Waals surface area contributed by atoms with Crippen molar-refractivity contribution in [1.82, 2.24) is 4.72 Å². The predicted octanol–water partition coefficient (Wildman–Crippen LogP) is 5.87. The molecule has 3 aromatic carbocycles. The normalized spacial score (nSPS) is 15.0. The van der Waals surface area contributed by atoms with Gasteiger partial charge in [0.05, 0.1) is 4.90 Å². The number of aryl methyl sites for hydroxylation is 2. The van der Waals surface area contributed by atoms with Gasteiger partial charge in [0.2, 0.25) is 0 Å². The van der Waals surface area contributed by atoms with Gasteiger partial charge in [-0.2, -0.15) is 0 Å². The maximum Gasteiger partial charge on any atom is 0.134 e. The van der Waals surface area contributed by atoms with Crippen LogP contribution in [0.3, 0.4) is 0 Å². The second-order valence-electron chi connectivity index (χ2n) is 7.13. The van der Waals surface area contributed by atoms with Crippen molar-refractivity contribution < 1.29 is 4.21 Å². The van der Waals surface area contributed by atoms with Crippen molar-refractivity contribution in [3.63, 3.8) is 0 Å². The lowest BCUT2D eigenvalue weighted by Gasteiger charge is -2.13. The van der Waals surface area contributed by atoms with Crippen LogP contribution in [-0.4, -0.2) is 10.8 Å². The molecule has 0 saturated heterocycles. The van der Waals surface area contributed by atoms with Gasteiger partial charge in [-0.15, -0.1) is 0 Å². The van der Waals surface area contributed by atoms with Gasteiger partial charge in [-0.25, -0.2) is 13.7 Å². The molecule has 0 fully saturated rings. The summed E-state index contributed by atoms with van der Waals surface area (Å²) in [4.78, 5) is 0.444. The van der Waals surface area contributed by atoms with Crippen molar-refractivity contribution in [3.05, 3.63) is 106 Å². The molecule has 2 N–H and O–H groups in total. The quantitative estimate of drug-likeness (QED) is 0.496. The molecule has 1 aliphatic rings. The number of hydrogen-bond acceptors (Lipinski definition) is 2. The van der Waals surface area contributed by atoms with Gasteiger partial charge in [-0.05, 0) is 71.4 Å². The van der Waals surface area contributed by atoms with Crippen molar-refractivity contribution in [2.45, 2.75) is 24.2 Å². The third kappa shape index (κ3) is 4.45. The Balaban J connectivity index is 1.56. The van der Waals surface area contributed by atoms with E-state index in [1.807, 2.05) is 0 Å². The fourth-order valence-electron chi connectivity index (χ4n) is 3.77. The average molecular weight is 423 g/mol. The number of halogens is 1. The van der Waals surface area contributed by atoms with Gasteiger partial charge in [0.15, 0.2) is 0 Å². The zero-order valence-electron chi connectivity index (χ0n) is 16.0. The molecule has 3 nitrogen and oxygen atoms in total. The molecule has 29 heavy (non-hydrogen) atoms. The zero-order valence-corrected chi connectivity index (χ0v) is 17.6. The summed E-state index contributed by atoms with van der Waals surface area (Å²) in [5.41, 5.74) is 6.46. The van der Waals surface area contributed by atoms with E-state index in [1.54, 1.807) is 24.3 Å². The molecule has 1 atom stereocenters. The van der Waals surface area contributed by atoms with E-state index < -0.39 is 9.92 Å². The van der Waals surface area contributed by atoms with Gasteiger partial charge >= 0.3 is 0 Å². The highest BCUT2D eigenvalue weighted by Gasteiger charge is 2.17. The lowest BCUT2D eigenvalue weighted by atomic mass is 9.93. The van der Waals surface area contributed by atoms with Crippen molar-refractivity contribution in [2.24, 2.45) is 0 Å². The number of hydrogen-bond donors (Lipinski definition) is 2. The molecule has 1 aliphatic carbocycles. The van der Waals surface area contributed by atoms with Crippen molar-refractivity contribution >= 4 is 27.1 Å². The van der Waals surface area contributed by atoms with E-state index in [0.29, 0.717) is 22.9 Å². The summed E-state index contributed by atoms with van der Waals surface area (Å²) in [5.74, 6) is 0. The van der Waals surface area contributed by atoms with Crippen LogP contribution in [0, 0.1) is 4.78 Å². The Kier molecular flexibility index (Phi) is 5.86.